The van der Waals surface area contributed by atoms with Gasteiger partial charge in [-0.2, -0.15) is 13.2 Å². The fourth-order valence-corrected chi connectivity index (χ4v) is 2.71. The molecule has 0 bridgehead atoms. The summed E-state index contributed by atoms with van der Waals surface area (Å²) in [7, 11) is 0. The molecule has 3 rings (SSSR count). The van der Waals surface area contributed by atoms with Crippen molar-refractivity contribution in [3.05, 3.63) is 18.0 Å². The summed E-state index contributed by atoms with van der Waals surface area (Å²) in [6, 6.07) is 0.796. The van der Waals surface area contributed by atoms with Crippen LogP contribution in [0.4, 0.5) is 23.9 Å². The molecule has 1 aromatic heterocycles. The second-order valence-corrected chi connectivity index (χ2v) is 5.60. The molecule has 0 spiro atoms. The number of halogens is 3. The number of alkyl halides is 3. The van der Waals surface area contributed by atoms with E-state index in [9.17, 15) is 18.0 Å². The van der Waals surface area contributed by atoms with E-state index in [-0.39, 0.29) is 12.0 Å². The van der Waals surface area contributed by atoms with Gasteiger partial charge in [-0.3, -0.25) is 0 Å². The van der Waals surface area contributed by atoms with Gasteiger partial charge in [0.05, 0.1) is 13.2 Å². The number of urea groups is 1. The number of carbonyl (C=O) groups excluding carboxylic acids is 1. The molecule has 2 aliphatic heterocycles. The van der Waals surface area contributed by atoms with Gasteiger partial charge in [-0.1, -0.05) is 0 Å². The SMILES string of the molecule is O=C(N1CCOCC1)N1CCN(c2nccc(C(F)(F)F)n2)CC1. The van der Waals surface area contributed by atoms with E-state index in [1.165, 1.54) is 0 Å². The highest BCUT2D eigenvalue weighted by Gasteiger charge is 2.34. The van der Waals surface area contributed by atoms with Crippen molar-refractivity contribution < 1.29 is 22.7 Å². The summed E-state index contributed by atoms with van der Waals surface area (Å²) in [5.74, 6) is 0.0447. The molecule has 0 saturated carbocycles. The summed E-state index contributed by atoms with van der Waals surface area (Å²) in [5.41, 5.74) is -0.959. The van der Waals surface area contributed by atoms with Gasteiger partial charge in [-0.15, -0.1) is 0 Å². The number of carbonyl (C=O) groups is 1. The van der Waals surface area contributed by atoms with E-state index in [1.807, 2.05) is 0 Å². The topological polar surface area (TPSA) is 61.8 Å². The maximum absolute atomic E-state index is 12.7. The molecule has 3 heterocycles. The predicted octanol–water partition coefficient (Wildman–Crippen LogP) is 1.07. The first kappa shape index (κ1) is 16.7. The van der Waals surface area contributed by atoms with Gasteiger partial charge in [0.15, 0.2) is 0 Å². The van der Waals surface area contributed by atoms with Crippen LogP contribution in [0.1, 0.15) is 5.69 Å². The third kappa shape index (κ3) is 3.69. The molecule has 24 heavy (non-hydrogen) atoms. The quantitative estimate of drug-likeness (QED) is 0.762. The highest BCUT2D eigenvalue weighted by molar-refractivity contribution is 5.74. The van der Waals surface area contributed by atoms with E-state index in [1.54, 1.807) is 14.7 Å². The van der Waals surface area contributed by atoms with Crippen molar-refractivity contribution in [1.29, 1.82) is 0 Å². The molecule has 2 fully saturated rings. The van der Waals surface area contributed by atoms with Gasteiger partial charge in [0.2, 0.25) is 5.95 Å². The largest absolute Gasteiger partial charge is 0.433 e. The summed E-state index contributed by atoms with van der Waals surface area (Å²) < 4.78 is 43.4. The van der Waals surface area contributed by atoms with E-state index in [2.05, 4.69) is 9.97 Å². The molecule has 0 unspecified atom stereocenters. The fraction of sp³-hybridized carbons (Fsp3) is 0.643. The minimum atomic E-state index is -4.49. The minimum Gasteiger partial charge on any atom is -0.378 e. The van der Waals surface area contributed by atoms with Crippen LogP contribution in [0.25, 0.3) is 0 Å². The first-order chi connectivity index (χ1) is 11.4. The number of anilines is 1. The Morgan fingerprint density at radius 1 is 1.04 bits per heavy atom. The van der Waals surface area contributed by atoms with Gasteiger partial charge in [0.1, 0.15) is 5.69 Å². The lowest BCUT2D eigenvalue weighted by atomic mass is 10.3. The lowest BCUT2D eigenvalue weighted by Crippen LogP contribution is -2.55. The second-order valence-electron chi connectivity index (χ2n) is 5.60. The lowest BCUT2D eigenvalue weighted by molar-refractivity contribution is -0.141. The minimum absolute atomic E-state index is 0.0447. The van der Waals surface area contributed by atoms with Crippen LogP contribution in [-0.4, -0.2) is 78.3 Å². The summed E-state index contributed by atoms with van der Waals surface area (Å²) in [6.45, 7) is 3.85. The zero-order valence-corrected chi connectivity index (χ0v) is 13.0. The molecule has 1 aromatic rings. The molecule has 0 radical (unpaired) electrons. The zero-order chi connectivity index (χ0) is 17.2. The summed E-state index contributed by atoms with van der Waals surface area (Å²) >= 11 is 0. The number of aromatic nitrogens is 2. The molecule has 10 heteroatoms. The van der Waals surface area contributed by atoms with Crippen LogP contribution in [0.2, 0.25) is 0 Å². The molecule has 0 aromatic carbocycles. The first-order valence-electron chi connectivity index (χ1n) is 7.72. The van der Waals surface area contributed by atoms with E-state index in [0.29, 0.717) is 52.5 Å². The van der Waals surface area contributed by atoms with Crippen LogP contribution in [0.3, 0.4) is 0 Å². The van der Waals surface area contributed by atoms with Crippen LogP contribution < -0.4 is 4.90 Å². The van der Waals surface area contributed by atoms with E-state index in [0.717, 1.165) is 12.3 Å². The summed E-state index contributed by atoms with van der Waals surface area (Å²) in [6.07, 6.45) is -3.39. The van der Waals surface area contributed by atoms with E-state index < -0.39 is 11.9 Å². The summed E-state index contributed by atoms with van der Waals surface area (Å²) in [4.78, 5) is 25.0. The molecular weight excluding hydrogens is 327 g/mol. The maximum atomic E-state index is 12.7. The third-order valence-corrected chi connectivity index (χ3v) is 4.05. The molecule has 2 saturated heterocycles. The monoisotopic (exact) mass is 345 g/mol. The lowest BCUT2D eigenvalue weighted by Gasteiger charge is -2.38. The molecule has 0 N–H and O–H groups in total. The predicted molar refractivity (Wildman–Crippen MR) is 78.6 cm³/mol. The van der Waals surface area contributed by atoms with Crippen LogP contribution >= 0.6 is 0 Å². The van der Waals surface area contributed by atoms with Crippen molar-refractivity contribution in [3.8, 4) is 0 Å². The molecule has 0 atom stereocenters. The highest BCUT2D eigenvalue weighted by Crippen LogP contribution is 2.28. The van der Waals surface area contributed by atoms with Crippen LogP contribution in [0.15, 0.2) is 12.3 Å². The number of rotatable bonds is 1. The molecule has 2 amide bonds. The number of nitrogens with zero attached hydrogens (tertiary/aromatic N) is 5. The summed E-state index contributed by atoms with van der Waals surface area (Å²) in [5, 5.41) is 0. The van der Waals surface area contributed by atoms with Gasteiger partial charge in [-0.05, 0) is 6.07 Å². The normalized spacial score (nSPS) is 19.5. The number of hydrogen-bond acceptors (Lipinski definition) is 5. The van der Waals surface area contributed by atoms with Gasteiger partial charge in [0.25, 0.3) is 0 Å². The van der Waals surface area contributed by atoms with Crippen LogP contribution in [0.5, 0.6) is 0 Å². The van der Waals surface area contributed by atoms with Crippen molar-refractivity contribution in [2.75, 3.05) is 57.4 Å². The number of amides is 2. The van der Waals surface area contributed by atoms with Gasteiger partial charge in [-0.25, -0.2) is 14.8 Å². The Morgan fingerprint density at radius 3 is 2.29 bits per heavy atom. The molecular formula is C14H18F3N5O2. The maximum Gasteiger partial charge on any atom is 0.433 e. The zero-order valence-electron chi connectivity index (χ0n) is 13.0. The van der Waals surface area contributed by atoms with Gasteiger partial charge >= 0.3 is 12.2 Å². The number of piperazine rings is 1. The van der Waals surface area contributed by atoms with Crippen molar-refractivity contribution in [1.82, 2.24) is 19.8 Å². The molecule has 132 valence electrons. The Labute approximate surface area is 137 Å². The molecule has 7 nitrogen and oxygen atoms in total. The first-order valence-corrected chi connectivity index (χ1v) is 7.72. The third-order valence-electron chi connectivity index (χ3n) is 4.05. The fourth-order valence-electron chi connectivity index (χ4n) is 2.71. The molecule has 0 aliphatic carbocycles. The van der Waals surface area contributed by atoms with Gasteiger partial charge in [0, 0.05) is 45.5 Å². The Hall–Kier alpha value is -2.10. The number of morpholine rings is 1. The second kappa shape index (κ2) is 6.80. The van der Waals surface area contributed by atoms with Gasteiger partial charge < -0.3 is 19.4 Å². The average molecular weight is 345 g/mol. The van der Waals surface area contributed by atoms with E-state index in [4.69, 9.17) is 4.74 Å². The standard InChI is InChI=1S/C14H18F3N5O2/c15-14(16,17)11-1-2-18-12(19-11)20-3-5-21(6-4-20)13(23)22-7-9-24-10-8-22/h1-2H,3-10H2. The van der Waals surface area contributed by atoms with Crippen molar-refractivity contribution in [2.45, 2.75) is 6.18 Å². The van der Waals surface area contributed by atoms with Crippen LogP contribution in [-0.2, 0) is 10.9 Å². The Kier molecular flexibility index (Phi) is 4.74. The Morgan fingerprint density at radius 2 is 1.67 bits per heavy atom. The van der Waals surface area contributed by atoms with Crippen molar-refractivity contribution >= 4 is 12.0 Å². The van der Waals surface area contributed by atoms with Crippen molar-refractivity contribution in [3.63, 3.8) is 0 Å². The van der Waals surface area contributed by atoms with E-state index >= 15 is 0 Å². The Balaban J connectivity index is 1.60. The highest BCUT2D eigenvalue weighted by atomic mass is 19.4. The Bertz CT molecular complexity index is 584. The smallest absolute Gasteiger partial charge is 0.378 e. The van der Waals surface area contributed by atoms with Crippen LogP contribution in [0, 0.1) is 0 Å². The number of hydrogen-bond donors (Lipinski definition) is 0. The number of ether oxygens (including phenoxy) is 1. The average Bonchev–Trinajstić information content (AvgIpc) is 2.61. The van der Waals surface area contributed by atoms with Crippen molar-refractivity contribution in [2.24, 2.45) is 0 Å². The molecule has 2 aliphatic rings.